The molecule has 100 valence electrons. The maximum atomic E-state index is 5.29. The lowest BCUT2D eigenvalue weighted by Crippen LogP contribution is -2.11. The summed E-state index contributed by atoms with van der Waals surface area (Å²) in [6.45, 7) is 0.772. The maximum absolute atomic E-state index is 5.29. The fraction of sp³-hybridized carbons (Fsp3) is 0.231. The number of anilines is 2. The van der Waals surface area contributed by atoms with Crippen molar-refractivity contribution in [3.63, 3.8) is 0 Å². The van der Waals surface area contributed by atoms with Gasteiger partial charge in [-0.05, 0) is 24.1 Å². The summed E-state index contributed by atoms with van der Waals surface area (Å²) >= 11 is 0. The summed E-state index contributed by atoms with van der Waals surface area (Å²) in [5, 5.41) is 3.22. The first kappa shape index (κ1) is 13.1. The Morgan fingerprint density at radius 2 is 2.05 bits per heavy atom. The molecule has 0 atom stereocenters. The Hall–Kier alpha value is -2.34. The van der Waals surface area contributed by atoms with Gasteiger partial charge in [-0.25, -0.2) is 15.8 Å². The highest BCUT2D eigenvalue weighted by Crippen LogP contribution is 2.13. The predicted molar refractivity (Wildman–Crippen MR) is 75.0 cm³/mol. The lowest BCUT2D eigenvalue weighted by atomic mass is 10.1. The summed E-state index contributed by atoms with van der Waals surface area (Å²) < 4.78 is 5.19. The molecule has 19 heavy (non-hydrogen) atoms. The van der Waals surface area contributed by atoms with E-state index in [1.54, 1.807) is 13.2 Å². The first-order chi connectivity index (χ1) is 9.31. The number of nitrogens with one attached hydrogen (secondary N) is 2. The van der Waals surface area contributed by atoms with Gasteiger partial charge in [0.05, 0.1) is 7.11 Å². The van der Waals surface area contributed by atoms with Crippen LogP contribution in [-0.4, -0.2) is 23.6 Å². The Morgan fingerprint density at radius 3 is 2.84 bits per heavy atom. The minimum atomic E-state index is 0.582. The van der Waals surface area contributed by atoms with Crippen LogP contribution in [0, 0.1) is 0 Å². The van der Waals surface area contributed by atoms with Crippen molar-refractivity contribution in [2.24, 2.45) is 5.84 Å². The zero-order valence-corrected chi connectivity index (χ0v) is 10.8. The van der Waals surface area contributed by atoms with E-state index in [2.05, 4.69) is 26.8 Å². The number of aromatic nitrogens is 2. The number of nitrogen functional groups attached to an aromatic ring is 1. The summed E-state index contributed by atoms with van der Waals surface area (Å²) in [5.41, 5.74) is 3.69. The molecule has 2 aromatic rings. The van der Waals surface area contributed by atoms with Crippen LogP contribution in [0.2, 0.25) is 0 Å². The molecule has 6 heteroatoms. The van der Waals surface area contributed by atoms with Crippen LogP contribution in [0.25, 0.3) is 0 Å². The molecule has 2 rings (SSSR count). The fourth-order valence-corrected chi connectivity index (χ4v) is 1.70. The second-order valence-corrected chi connectivity index (χ2v) is 3.96. The van der Waals surface area contributed by atoms with Crippen LogP contribution in [0.15, 0.2) is 36.7 Å². The lowest BCUT2D eigenvalue weighted by molar-refractivity contribution is 0.414. The van der Waals surface area contributed by atoms with Crippen LogP contribution in [0.5, 0.6) is 5.75 Å². The Labute approximate surface area is 112 Å². The summed E-state index contributed by atoms with van der Waals surface area (Å²) in [5.74, 6) is 7.48. The van der Waals surface area contributed by atoms with Gasteiger partial charge >= 0.3 is 0 Å². The van der Waals surface area contributed by atoms with Gasteiger partial charge in [0.1, 0.15) is 23.7 Å². The molecular formula is C13H17N5O. The molecule has 6 nitrogen and oxygen atoms in total. The molecule has 0 amide bonds. The van der Waals surface area contributed by atoms with Gasteiger partial charge in [-0.3, -0.25) is 0 Å². The number of ether oxygens (including phenoxy) is 1. The van der Waals surface area contributed by atoms with E-state index in [0.29, 0.717) is 5.82 Å². The Morgan fingerprint density at radius 1 is 1.21 bits per heavy atom. The number of nitrogens with two attached hydrogens (primary N) is 1. The summed E-state index contributed by atoms with van der Waals surface area (Å²) in [4.78, 5) is 8.05. The Balaban J connectivity index is 1.88. The van der Waals surface area contributed by atoms with Crippen LogP contribution in [-0.2, 0) is 6.42 Å². The molecule has 0 aliphatic carbocycles. The van der Waals surface area contributed by atoms with E-state index >= 15 is 0 Å². The number of hydrazine groups is 1. The first-order valence-corrected chi connectivity index (χ1v) is 5.97. The van der Waals surface area contributed by atoms with Gasteiger partial charge in [0.15, 0.2) is 0 Å². The predicted octanol–water partition coefficient (Wildman–Crippen LogP) is 1.43. The van der Waals surface area contributed by atoms with Crippen molar-refractivity contribution in [1.29, 1.82) is 0 Å². The molecule has 0 saturated carbocycles. The molecule has 1 aromatic carbocycles. The average Bonchev–Trinajstić information content (AvgIpc) is 2.48. The van der Waals surface area contributed by atoms with E-state index in [-0.39, 0.29) is 0 Å². The van der Waals surface area contributed by atoms with Gasteiger partial charge in [-0.1, -0.05) is 12.1 Å². The fourth-order valence-electron chi connectivity index (χ4n) is 1.70. The maximum Gasteiger partial charge on any atom is 0.145 e. The molecule has 4 N–H and O–H groups in total. The topological polar surface area (TPSA) is 85.1 Å². The van der Waals surface area contributed by atoms with Crippen LogP contribution in [0.3, 0.4) is 0 Å². The first-order valence-electron chi connectivity index (χ1n) is 5.97. The monoisotopic (exact) mass is 259 g/mol. The zero-order chi connectivity index (χ0) is 13.5. The van der Waals surface area contributed by atoms with Crippen LogP contribution < -0.4 is 21.3 Å². The molecule has 1 heterocycles. The van der Waals surface area contributed by atoms with Crippen molar-refractivity contribution in [2.75, 3.05) is 24.4 Å². The molecule has 0 fully saturated rings. The highest BCUT2D eigenvalue weighted by Gasteiger charge is 1.98. The van der Waals surface area contributed by atoms with Gasteiger partial charge in [0.2, 0.25) is 0 Å². The molecular weight excluding hydrogens is 242 g/mol. The van der Waals surface area contributed by atoms with E-state index in [4.69, 9.17) is 10.6 Å². The minimum absolute atomic E-state index is 0.582. The van der Waals surface area contributed by atoms with Gasteiger partial charge in [-0.15, -0.1) is 0 Å². The SMILES string of the molecule is COc1cccc(CCNc2cc(NN)ncn2)c1. The number of hydrogen-bond donors (Lipinski definition) is 3. The molecule has 1 aromatic heterocycles. The second kappa shape index (κ2) is 6.55. The van der Waals surface area contributed by atoms with E-state index in [0.717, 1.165) is 24.5 Å². The summed E-state index contributed by atoms with van der Waals surface area (Å²) in [6, 6.07) is 9.76. The Kier molecular flexibility index (Phi) is 4.52. The summed E-state index contributed by atoms with van der Waals surface area (Å²) in [6.07, 6.45) is 2.34. The molecule has 0 radical (unpaired) electrons. The van der Waals surface area contributed by atoms with Crippen molar-refractivity contribution in [3.8, 4) is 5.75 Å². The molecule has 0 spiro atoms. The van der Waals surface area contributed by atoms with E-state index in [1.165, 1.54) is 11.9 Å². The number of hydrogen-bond acceptors (Lipinski definition) is 6. The lowest BCUT2D eigenvalue weighted by Gasteiger charge is -2.07. The molecule has 0 aliphatic heterocycles. The molecule has 0 bridgehead atoms. The Bertz CT molecular complexity index is 484. The molecule has 0 unspecified atom stereocenters. The van der Waals surface area contributed by atoms with Crippen molar-refractivity contribution in [3.05, 3.63) is 42.2 Å². The third-order valence-electron chi connectivity index (χ3n) is 2.67. The highest BCUT2D eigenvalue weighted by molar-refractivity contribution is 5.45. The second-order valence-electron chi connectivity index (χ2n) is 3.96. The smallest absolute Gasteiger partial charge is 0.145 e. The highest BCUT2D eigenvalue weighted by atomic mass is 16.5. The third kappa shape index (κ3) is 3.82. The van der Waals surface area contributed by atoms with Crippen molar-refractivity contribution in [1.82, 2.24) is 9.97 Å². The number of nitrogens with zero attached hydrogens (tertiary/aromatic N) is 2. The molecule has 0 aliphatic rings. The van der Waals surface area contributed by atoms with Crippen LogP contribution in [0.1, 0.15) is 5.56 Å². The summed E-state index contributed by atoms with van der Waals surface area (Å²) in [7, 11) is 1.67. The van der Waals surface area contributed by atoms with Crippen molar-refractivity contribution < 1.29 is 4.74 Å². The van der Waals surface area contributed by atoms with E-state index in [1.807, 2.05) is 18.2 Å². The number of rotatable bonds is 6. The zero-order valence-electron chi connectivity index (χ0n) is 10.8. The van der Waals surface area contributed by atoms with Crippen molar-refractivity contribution >= 4 is 11.6 Å². The number of methoxy groups -OCH3 is 1. The van der Waals surface area contributed by atoms with E-state index < -0.39 is 0 Å². The number of benzene rings is 1. The van der Waals surface area contributed by atoms with Crippen molar-refractivity contribution in [2.45, 2.75) is 6.42 Å². The van der Waals surface area contributed by atoms with Gasteiger partial charge in [0, 0.05) is 12.6 Å². The molecule has 0 saturated heterocycles. The standard InChI is InChI=1S/C13H17N5O/c1-19-11-4-2-3-10(7-11)5-6-15-12-8-13(18-14)17-9-16-12/h2-4,7-9H,5-6,14H2,1H3,(H2,15,16,17,18). The van der Waals surface area contributed by atoms with Gasteiger partial charge in [0.25, 0.3) is 0 Å². The normalized spacial score (nSPS) is 10.0. The average molecular weight is 259 g/mol. The van der Waals surface area contributed by atoms with Crippen LogP contribution >= 0.6 is 0 Å². The van der Waals surface area contributed by atoms with Crippen LogP contribution in [0.4, 0.5) is 11.6 Å². The largest absolute Gasteiger partial charge is 0.497 e. The van der Waals surface area contributed by atoms with Gasteiger partial charge < -0.3 is 15.5 Å². The third-order valence-corrected chi connectivity index (χ3v) is 2.67. The minimum Gasteiger partial charge on any atom is -0.497 e. The van der Waals surface area contributed by atoms with Gasteiger partial charge in [-0.2, -0.15) is 0 Å². The van der Waals surface area contributed by atoms with E-state index in [9.17, 15) is 0 Å². The quantitative estimate of drug-likeness (QED) is 0.537.